The van der Waals surface area contributed by atoms with Gasteiger partial charge in [-0.25, -0.2) is 18.7 Å². The SMILES string of the molecule is CCCCN(CCC)c1ncc(-c2ccc(C3CCC(c4c(F)cccc4F)=N3)cc2)cn1. The van der Waals surface area contributed by atoms with Gasteiger partial charge in [0.25, 0.3) is 0 Å². The Morgan fingerprint density at radius 1 is 0.879 bits per heavy atom. The summed E-state index contributed by atoms with van der Waals surface area (Å²) in [6.07, 6.45) is 8.38. The molecule has 0 spiro atoms. The molecule has 4 rings (SSSR count). The average Bonchev–Trinajstić information content (AvgIpc) is 3.32. The fourth-order valence-corrected chi connectivity index (χ4v) is 4.26. The van der Waals surface area contributed by atoms with Crippen molar-refractivity contribution in [2.75, 3.05) is 18.0 Å². The second-order valence-electron chi connectivity index (χ2n) is 8.46. The number of rotatable bonds is 9. The van der Waals surface area contributed by atoms with Gasteiger partial charge in [0.15, 0.2) is 0 Å². The Morgan fingerprint density at radius 2 is 1.58 bits per heavy atom. The van der Waals surface area contributed by atoms with Crippen LogP contribution in [0, 0.1) is 11.6 Å². The van der Waals surface area contributed by atoms with Crippen molar-refractivity contribution in [2.24, 2.45) is 4.99 Å². The molecule has 0 N–H and O–H groups in total. The first kappa shape index (κ1) is 23.0. The van der Waals surface area contributed by atoms with Crippen molar-refractivity contribution in [3.05, 3.63) is 77.6 Å². The Morgan fingerprint density at radius 3 is 2.21 bits per heavy atom. The lowest BCUT2D eigenvalue weighted by Gasteiger charge is -2.21. The molecule has 1 unspecified atom stereocenters. The van der Waals surface area contributed by atoms with Crippen LogP contribution >= 0.6 is 0 Å². The van der Waals surface area contributed by atoms with Crippen LogP contribution in [0.1, 0.15) is 63.1 Å². The lowest BCUT2D eigenvalue weighted by molar-refractivity contribution is 0.578. The van der Waals surface area contributed by atoms with Gasteiger partial charge in [0.05, 0.1) is 11.6 Å². The summed E-state index contributed by atoms with van der Waals surface area (Å²) in [6.45, 7) is 6.28. The molecule has 0 aliphatic carbocycles. The maximum Gasteiger partial charge on any atom is 0.225 e. The number of hydrogen-bond donors (Lipinski definition) is 0. The monoisotopic (exact) mass is 448 g/mol. The van der Waals surface area contributed by atoms with Crippen molar-refractivity contribution in [1.82, 2.24) is 9.97 Å². The van der Waals surface area contributed by atoms with Gasteiger partial charge in [-0.15, -0.1) is 0 Å². The second kappa shape index (κ2) is 10.6. The van der Waals surface area contributed by atoms with Crippen LogP contribution in [0.3, 0.4) is 0 Å². The average molecular weight is 449 g/mol. The summed E-state index contributed by atoms with van der Waals surface area (Å²) in [7, 11) is 0. The highest BCUT2D eigenvalue weighted by Gasteiger charge is 2.24. The van der Waals surface area contributed by atoms with Crippen molar-refractivity contribution in [3.63, 3.8) is 0 Å². The fraction of sp³-hybridized carbons (Fsp3) is 0.370. The summed E-state index contributed by atoms with van der Waals surface area (Å²) in [6, 6.07) is 12.0. The highest BCUT2D eigenvalue weighted by molar-refractivity contribution is 6.02. The predicted octanol–water partition coefficient (Wildman–Crippen LogP) is 6.76. The van der Waals surface area contributed by atoms with E-state index in [4.69, 9.17) is 0 Å². The van der Waals surface area contributed by atoms with Crippen LogP contribution in [0.5, 0.6) is 0 Å². The van der Waals surface area contributed by atoms with Crippen LogP contribution in [0.2, 0.25) is 0 Å². The number of aromatic nitrogens is 2. The third-order valence-electron chi connectivity index (χ3n) is 6.04. The summed E-state index contributed by atoms with van der Waals surface area (Å²) in [5.74, 6) is -0.334. The molecule has 1 aliphatic rings. The minimum Gasteiger partial charge on any atom is -0.341 e. The van der Waals surface area contributed by atoms with E-state index in [1.807, 2.05) is 36.7 Å². The lowest BCUT2D eigenvalue weighted by Crippen LogP contribution is -2.27. The number of hydrogen-bond acceptors (Lipinski definition) is 4. The summed E-state index contributed by atoms with van der Waals surface area (Å²) >= 11 is 0. The molecule has 1 aliphatic heterocycles. The molecule has 0 saturated carbocycles. The minimum atomic E-state index is -0.555. The van der Waals surface area contributed by atoms with Crippen molar-refractivity contribution in [3.8, 4) is 11.1 Å². The Bertz CT molecular complexity index is 1070. The summed E-state index contributed by atoms with van der Waals surface area (Å²) < 4.78 is 28.2. The van der Waals surface area contributed by atoms with E-state index in [0.717, 1.165) is 61.4 Å². The fourth-order valence-electron chi connectivity index (χ4n) is 4.26. The van der Waals surface area contributed by atoms with Crippen molar-refractivity contribution in [1.29, 1.82) is 0 Å². The Hall–Kier alpha value is -3.15. The number of aliphatic imine (C=N–C) groups is 1. The summed E-state index contributed by atoms with van der Waals surface area (Å²) in [5.41, 5.74) is 3.54. The molecule has 0 bridgehead atoms. The van der Waals surface area contributed by atoms with Gasteiger partial charge in [-0.05, 0) is 48.9 Å². The number of halogens is 2. The molecular weight excluding hydrogens is 418 g/mol. The van der Waals surface area contributed by atoms with Gasteiger partial charge in [-0.3, -0.25) is 4.99 Å². The third kappa shape index (κ3) is 5.27. The standard InChI is InChI=1S/C27H30F2N4/c1-3-5-16-33(15-4-2)27-30-17-21(18-31-27)19-9-11-20(12-10-19)24-13-14-25(32-24)26-22(28)7-6-8-23(26)29/h6-12,17-18,24H,3-5,13-16H2,1-2H3. The molecule has 6 heteroatoms. The van der Waals surface area contributed by atoms with Gasteiger partial charge in [0, 0.05) is 36.8 Å². The van der Waals surface area contributed by atoms with Crippen LogP contribution in [0.4, 0.5) is 14.7 Å². The molecule has 2 aromatic carbocycles. The predicted molar refractivity (Wildman–Crippen MR) is 130 cm³/mol. The Balaban J connectivity index is 1.48. The van der Waals surface area contributed by atoms with Crippen LogP contribution < -0.4 is 4.90 Å². The quantitative estimate of drug-likeness (QED) is 0.363. The topological polar surface area (TPSA) is 41.4 Å². The zero-order valence-corrected chi connectivity index (χ0v) is 19.3. The molecule has 4 nitrogen and oxygen atoms in total. The molecule has 1 atom stereocenters. The number of nitrogens with zero attached hydrogens (tertiary/aromatic N) is 4. The largest absolute Gasteiger partial charge is 0.341 e. The molecule has 0 radical (unpaired) electrons. The molecule has 0 saturated heterocycles. The normalized spacial score (nSPS) is 15.5. The van der Waals surface area contributed by atoms with Gasteiger partial charge in [-0.2, -0.15) is 0 Å². The van der Waals surface area contributed by atoms with Crippen LogP contribution in [-0.4, -0.2) is 28.8 Å². The molecular formula is C27H30F2N4. The smallest absolute Gasteiger partial charge is 0.225 e. The van der Waals surface area contributed by atoms with E-state index >= 15 is 0 Å². The Labute approximate surface area is 194 Å². The van der Waals surface area contributed by atoms with Crippen LogP contribution in [0.25, 0.3) is 11.1 Å². The van der Waals surface area contributed by atoms with Gasteiger partial charge >= 0.3 is 0 Å². The second-order valence-corrected chi connectivity index (χ2v) is 8.46. The molecule has 33 heavy (non-hydrogen) atoms. The number of benzene rings is 2. The lowest BCUT2D eigenvalue weighted by atomic mass is 10.0. The summed E-state index contributed by atoms with van der Waals surface area (Å²) in [5, 5.41) is 0. The van der Waals surface area contributed by atoms with E-state index in [-0.39, 0.29) is 11.6 Å². The maximum atomic E-state index is 14.1. The van der Waals surface area contributed by atoms with E-state index in [1.165, 1.54) is 18.2 Å². The molecule has 1 aromatic heterocycles. The summed E-state index contributed by atoms with van der Waals surface area (Å²) in [4.78, 5) is 16.1. The highest BCUT2D eigenvalue weighted by Crippen LogP contribution is 2.33. The van der Waals surface area contributed by atoms with E-state index in [9.17, 15) is 8.78 Å². The van der Waals surface area contributed by atoms with Crippen molar-refractivity contribution in [2.45, 2.75) is 52.0 Å². The van der Waals surface area contributed by atoms with Gasteiger partial charge in [-0.1, -0.05) is 50.6 Å². The molecule has 2 heterocycles. The Kier molecular flexibility index (Phi) is 7.43. The molecule has 172 valence electrons. The van der Waals surface area contributed by atoms with E-state index in [2.05, 4.69) is 33.7 Å². The van der Waals surface area contributed by atoms with Gasteiger partial charge in [0.2, 0.25) is 5.95 Å². The van der Waals surface area contributed by atoms with Crippen molar-refractivity contribution >= 4 is 11.7 Å². The third-order valence-corrected chi connectivity index (χ3v) is 6.04. The molecule has 3 aromatic rings. The van der Waals surface area contributed by atoms with Gasteiger partial charge < -0.3 is 4.90 Å². The van der Waals surface area contributed by atoms with E-state index in [1.54, 1.807) is 0 Å². The zero-order valence-electron chi connectivity index (χ0n) is 19.3. The molecule has 0 amide bonds. The van der Waals surface area contributed by atoms with Crippen molar-refractivity contribution < 1.29 is 8.78 Å². The highest BCUT2D eigenvalue weighted by atomic mass is 19.1. The maximum absolute atomic E-state index is 14.1. The molecule has 0 fully saturated rings. The van der Waals surface area contributed by atoms with E-state index < -0.39 is 11.6 Å². The number of unbranched alkanes of at least 4 members (excludes halogenated alkanes) is 1. The first-order chi connectivity index (χ1) is 16.1. The van der Waals surface area contributed by atoms with Crippen LogP contribution in [-0.2, 0) is 0 Å². The first-order valence-electron chi connectivity index (χ1n) is 11.8. The minimum absolute atomic E-state index is 0.00455. The first-order valence-corrected chi connectivity index (χ1v) is 11.8. The number of anilines is 1. The van der Waals surface area contributed by atoms with Gasteiger partial charge in [0.1, 0.15) is 11.6 Å². The van der Waals surface area contributed by atoms with E-state index in [0.29, 0.717) is 12.1 Å². The van der Waals surface area contributed by atoms with Crippen LogP contribution in [0.15, 0.2) is 59.9 Å². The zero-order chi connectivity index (χ0) is 23.2.